The van der Waals surface area contributed by atoms with Gasteiger partial charge in [-0.15, -0.1) is 0 Å². The van der Waals surface area contributed by atoms with Gasteiger partial charge in [0.1, 0.15) is 35.5 Å². The maximum absolute atomic E-state index is 9.81. The van der Waals surface area contributed by atoms with Crippen LogP contribution in [-0.4, -0.2) is 5.11 Å². The van der Waals surface area contributed by atoms with Gasteiger partial charge in [-0.05, 0) is 73.3 Å². The lowest BCUT2D eigenvalue weighted by Crippen LogP contribution is -2.21. The Morgan fingerprint density at radius 1 is 1.10 bits per heavy atom. The van der Waals surface area contributed by atoms with Gasteiger partial charge >= 0.3 is 0 Å². The number of fused-ring (bicyclic) bond motifs is 1. The van der Waals surface area contributed by atoms with Gasteiger partial charge in [0.2, 0.25) is 5.88 Å². The van der Waals surface area contributed by atoms with Crippen LogP contribution in [0.5, 0.6) is 17.2 Å². The molecule has 0 spiro atoms. The van der Waals surface area contributed by atoms with Crippen molar-refractivity contribution in [1.82, 2.24) is 0 Å². The molecule has 0 radical (unpaired) electrons. The summed E-state index contributed by atoms with van der Waals surface area (Å²) in [7, 11) is 0. The Bertz CT molecular complexity index is 1210. The van der Waals surface area contributed by atoms with Gasteiger partial charge in [0.15, 0.2) is 0 Å². The molecule has 3 N–H and O–H groups in total. The molecular weight excluding hydrogens is 548 g/mol. The van der Waals surface area contributed by atoms with E-state index in [0.717, 1.165) is 16.7 Å². The van der Waals surface area contributed by atoms with E-state index in [1.54, 1.807) is 12.1 Å². The second-order valence-electron chi connectivity index (χ2n) is 6.88. The molecule has 0 aliphatic carbocycles. The van der Waals surface area contributed by atoms with Gasteiger partial charge < -0.3 is 20.3 Å². The number of hydrogen-bond donors (Lipinski definition) is 2. The van der Waals surface area contributed by atoms with E-state index in [0.29, 0.717) is 37.6 Å². The van der Waals surface area contributed by atoms with Crippen LogP contribution in [-0.2, 0) is 6.61 Å². The fraction of sp³-hybridized carbons (Fsp3) is 0.0870. The van der Waals surface area contributed by atoms with Gasteiger partial charge in [0.25, 0.3) is 0 Å². The van der Waals surface area contributed by atoms with Crippen LogP contribution in [0.2, 0.25) is 5.02 Å². The van der Waals surface area contributed by atoms with E-state index in [9.17, 15) is 10.4 Å². The molecule has 8 heteroatoms. The Hall–Kier alpha value is -2.66. The molecule has 1 aliphatic heterocycles. The monoisotopic (exact) mass is 560 g/mol. The van der Waals surface area contributed by atoms with Crippen molar-refractivity contribution in [2.75, 3.05) is 0 Å². The third-order valence-electron chi connectivity index (χ3n) is 4.85. The molecule has 0 amide bonds. The van der Waals surface area contributed by atoms with Gasteiger partial charge in [-0.2, -0.15) is 5.26 Å². The lowest BCUT2D eigenvalue weighted by Gasteiger charge is -2.27. The number of allylic oxidation sites excluding steroid dienone is 1. The van der Waals surface area contributed by atoms with E-state index in [1.165, 1.54) is 6.07 Å². The fourth-order valence-electron chi connectivity index (χ4n) is 3.41. The minimum atomic E-state index is -0.452. The number of ether oxygens (including phenoxy) is 2. The predicted molar refractivity (Wildman–Crippen MR) is 125 cm³/mol. The number of nitriles is 1. The van der Waals surface area contributed by atoms with Crippen molar-refractivity contribution in [3.05, 3.63) is 96.7 Å². The van der Waals surface area contributed by atoms with Crippen molar-refractivity contribution in [2.45, 2.75) is 12.5 Å². The van der Waals surface area contributed by atoms with Crippen molar-refractivity contribution in [2.24, 2.45) is 5.73 Å². The quantitative estimate of drug-likeness (QED) is 0.386. The molecule has 1 atom stereocenters. The largest absolute Gasteiger partial charge is 0.508 e. The van der Waals surface area contributed by atoms with Gasteiger partial charge in [-0.25, -0.2) is 0 Å². The number of phenolic OH excluding ortho intramolecular Hbond substituents is 1. The van der Waals surface area contributed by atoms with Gasteiger partial charge in [0.05, 0.1) is 14.9 Å². The fourth-order valence-corrected chi connectivity index (χ4v) is 4.98. The molecule has 1 aliphatic rings. The first-order chi connectivity index (χ1) is 14.9. The number of rotatable bonds is 4. The highest BCUT2D eigenvalue weighted by Crippen LogP contribution is 2.46. The van der Waals surface area contributed by atoms with Gasteiger partial charge in [-0.1, -0.05) is 29.8 Å². The summed E-state index contributed by atoms with van der Waals surface area (Å²) in [6.07, 6.45) is 0. The highest BCUT2D eigenvalue weighted by molar-refractivity contribution is 9.11. The maximum Gasteiger partial charge on any atom is 0.205 e. The number of hydrogen-bond acceptors (Lipinski definition) is 5. The number of phenols is 1. The minimum absolute atomic E-state index is 0.0147. The smallest absolute Gasteiger partial charge is 0.205 e. The lowest BCUT2D eigenvalue weighted by molar-refractivity contribution is 0.302. The van der Waals surface area contributed by atoms with Crippen molar-refractivity contribution < 1.29 is 14.6 Å². The second-order valence-corrected chi connectivity index (χ2v) is 9.02. The summed E-state index contributed by atoms with van der Waals surface area (Å²) >= 11 is 13.1. The molecule has 3 aromatic carbocycles. The summed E-state index contributed by atoms with van der Waals surface area (Å²) in [6.45, 7) is 0.364. The number of aromatic hydroxyl groups is 1. The molecule has 4 rings (SSSR count). The lowest BCUT2D eigenvalue weighted by atomic mass is 9.83. The van der Waals surface area contributed by atoms with E-state index in [2.05, 4.69) is 37.9 Å². The molecular formula is C23H15Br2ClN2O3. The summed E-state index contributed by atoms with van der Waals surface area (Å²) in [5.41, 5.74) is 8.83. The maximum atomic E-state index is 9.81. The summed E-state index contributed by atoms with van der Waals surface area (Å²) < 4.78 is 13.0. The molecule has 0 aromatic heterocycles. The average Bonchev–Trinajstić information content (AvgIpc) is 2.73. The van der Waals surface area contributed by atoms with E-state index < -0.39 is 5.92 Å². The van der Waals surface area contributed by atoms with Gasteiger partial charge in [-0.3, -0.25) is 0 Å². The standard InChI is InChI=1S/C23H15Br2ClN2O3/c24-18-7-13(8-19(25)22(18)30-11-12-1-3-14(26)4-2-12)21-16-6-5-15(29)9-20(16)31-23(28)17(21)10-27/h1-9,21,29H,11,28H2/t21-/m1/s1. The first-order valence-electron chi connectivity index (χ1n) is 9.14. The van der Waals surface area contributed by atoms with Crippen LogP contribution in [0.1, 0.15) is 22.6 Å². The van der Waals surface area contributed by atoms with Crippen molar-refractivity contribution in [3.8, 4) is 23.3 Å². The Morgan fingerprint density at radius 3 is 2.42 bits per heavy atom. The van der Waals surface area contributed by atoms with Crippen LogP contribution in [0.25, 0.3) is 0 Å². The van der Waals surface area contributed by atoms with E-state index >= 15 is 0 Å². The van der Waals surface area contributed by atoms with E-state index in [-0.39, 0.29) is 11.6 Å². The second kappa shape index (κ2) is 8.83. The molecule has 0 saturated heterocycles. The van der Waals surface area contributed by atoms with Crippen molar-refractivity contribution in [1.29, 1.82) is 5.26 Å². The Labute approximate surface area is 200 Å². The van der Waals surface area contributed by atoms with Crippen LogP contribution >= 0.6 is 43.5 Å². The molecule has 0 bridgehead atoms. The molecule has 1 heterocycles. The molecule has 156 valence electrons. The molecule has 0 fully saturated rings. The van der Waals surface area contributed by atoms with Crippen LogP contribution in [0.15, 0.2) is 75.0 Å². The topological polar surface area (TPSA) is 88.5 Å². The normalized spacial score (nSPS) is 15.1. The van der Waals surface area contributed by atoms with E-state index in [4.69, 9.17) is 26.8 Å². The van der Waals surface area contributed by atoms with Crippen molar-refractivity contribution in [3.63, 3.8) is 0 Å². The van der Waals surface area contributed by atoms with E-state index in [1.807, 2.05) is 36.4 Å². The third-order valence-corrected chi connectivity index (χ3v) is 6.28. The molecule has 0 unspecified atom stereocenters. The van der Waals surface area contributed by atoms with Crippen LogP contribution in [0.3, 0.4) is 0 Å². The number of halogens is 3. The van der Waals surface area contributed by atoms with Gasteiger partial charge in [0, 0.05) is 16.7 Å². The first kappa shape index (κ1) is 21.6. The molecule has 3 aromatic rings. The number of nitrogens with two attached hydrogens (primary N) is 1. The van der Waals surface area contributed by atoms with Crippen LogP contribution in [0.4, 0.5) is 0 Å². The number of nitrogens with zero attached hydrogens (tertiary/aromatic N) is 1. The summed E-state index contributed by atoms with van der Waals surface area (Å²) in [5, 5.41) is 20.2. The first-order valence-corrected chi connectivity index (χ1v) is 11.1. The molecule has 0 saturated carbocycles. The predicted octanol–water partition coefficient (Wildman–Crippen LogP) is 6.37. The summed E-state index contributed by atoms with van der Waals surface area (Å²) in [5.74, 6) is 0.663. The summed E-state index contributed by atoms with van der Waals surface area (Å²) in [4.78, 5) is 0. The Morgan fingerprint density at radius 2 is 1.77 bits per heavy atom. The SMILES string of the molecule is N#CC1=C(N)Oc2cc(O)ccc2[C@H]1c1cc(Br)c(OCc2ccc(Cl)cc2)c(Br)c1. The molecule has 31 heavy (non-hydrogen) atoms. The number of benzene rings is 3. The zero-order valence-electron chi connectivity index (χ0n) is 15.9. The van der Waals surface area contributed by atoms with Crippen molar-refractivity contribution >= 4 is 43.5 Å². The molecule has 5 nitrogen and oxygen atoms in total. The Kier molecular flexibility index (Phi) is 6.15. The minimum Gasteiger partial charge on any atom is -0.508 e. The highest BCUT2D eigenvalue weighted by Gasteiger charge is 2.31. The highest BCUT2D eigenvalue weighted by atomic mass is 79.9. The van der Waals surface area contributed by atoms with Crippen LogP contribution < -0.4 is 15.2 Å². The Balaban J connectivity index is 1.70. The van der Waals surface area contributed by atoms with Crippen LogP contribution in [0, 0.1) is 11.3 Å². The average molecular weight is 563 g/mol. The zero-order valence-corrected chi connectivity index (χ0v) is 19.8. The zero-order chi connectivity index (χ0) is 22.1. The third kappa shape index (κ3) is 4.38. The summed E-state index contributed by atoms with van der Waals surface area (Å²) in [6, 6.07) is 18.1.